The van der Waals surface area contributed by atoms with E-state index in [0.717, 1.165) is 23.3 Å². The van der Waals surface area contributed by atoms with Crippen LogP contribution in [0.5, 0.6) is 11.5 Å². The molecule has 0 radical (unpaired) electrons. The third-order valence-electron chi connectivity index (χ3n) is 3.90. The topological polar surface area (TPSA) is 60.5 Å². The molecule has 0 unspecified atom stereocenters. The summed E-state index contributed by atoms with van der Waals surface area (Å²) in [5.74, 6) is 1.24. The summed E-state index contributed by atoms with van der Waals surface area (Å²) in [6.07, 6.45) is 4.27. The molecule has 27 heavy (non-hydrogen) atoms. The molecule has 2 aromatic carbocycles. The van der Waals surface area contributed by atoms with Crippen LogP contribution < -0.4 is 14.8 Å². The third-order valence-corrected chi connectivity index (χ3v) is 3.90. The minimum absolute atomic E-state index is 0.0166. The summed E-state index contributed by atoms with van der Waals surface area (Å²) in [5.41, 5.74) is 2.20. The molecular formula is C22H22N2O3. The zero-order valence-electron chi connectivity index (χ0n) is 15.0. The van der Waals surface area contributed by atoms with E-state index in [-0.39, 0.29) is 12.5 Å². The van der Waals surface area contributed by atoms with E-state index >= 15 is 0 Å². The van der Waals surface area contributed by atoms with Gasteiger partial charge in [0, 0.05) is 18.9 Å². The van der Waals surface area contributed by atoms with Crippen LogP contribution in [0, 0.1) is 0 Å². The van der Waals surface area contributed by atoms with Gasteiger partial charge in [0.25, 0.3) is 5.91 Å². The van der Waals surface area contributed by atoms with Crippen molar-refractivity contribution in [1.29, 1.82) is 0 Å². The van der Waals surface area contributed by atoms with Gasteiger partial charge in [-0.15, -0.1) is 0 Å². The maximum Gasteiger partial charge on any atom is 0.257 e. The summed E-state index contributed by atoms with van der Waals surface area (Å²) >= 11 is 0. The van der Waals surface area contributed by atoms with E-state index in [4.69, 9.17) is 9.47 Å². The second-order valence-electron chi connectivity index (χ2n) is 6.00. The van der Waals surface area contributed by atoms with Gasteiger partial charge in [0.1, 0.15) is 18.1 Å². The van der Waals surface area contributed by atoms with E-state index in [9.17, 15) is 4.79 Å². The number of carbonyl (C=O) groups is 1. The molecule has 0 aliphatic rings. The highest BCUT2D eigenvalue weighted by atomic mass is 16.5. The Morgan fingerprint density at radius 3 is 2.26 bits per heavy atom. The summed E-state index contributed by atoms with van der Waals surface area (Å²) in [6, 6.07) is 21.1. The molecule has 1 aromatic heterocycles. The highest BCUT2D eigenvalue weighted by molar-refractivity contribution is 5.77. The van der Waals surface area contributed by atoms with Crippen molar-refractivity contribution in [3.8, 4) is 11.5 Å². The predicted molar refractivity (Wildman–Crippen MR) is 104 cm³/mol. The van der Waals surface area contributed by atoms with Crippen LogP contribution in [0.4, 0.5) is 0 Å². The van der Waals surface area contributed by atoms with Crippen molar-refractivity contribution >= 4 is 5.91 Å². The lowest BCUT2D eigenvalue weighted by molar-refractivity contribution is -0.123. The molecule has 0 aliphatic carbocycles. The van der Waals surface area contributed by atoms with E-state index in [1.54, 1.807) is 24.5 Å². The van der Waals surface area contributed by atoms with E-state index < -0.39 is 0 Å². The van der Waals surface area contributed by atoms with Crippen molar-refractivity contribution in [1.82, 2.24) is 10.3 Å². The van der Waals surface area contributed by atoms with Crippen LogP contribution in [0.25, 0.3) is 0 Å². The van der Waals surface area contributed by atoms with Crippen LogP contribution in [0.15, 0.2) is 79.1 Å². The van der Waals surface area contributed by atoms with E-state index in [0.29, 0.717) is 18.9 Å². The van der Waals surface area contributed by atoms with Gasteiger partial charge < -0.3 is 14.8 Å². The summed E-state index contributed by atoms with van der Waals surface area (Å²) in [6.45, 7) is 1.05. The second kappa shape index (κ2) is 9.97. The molecule has 1 heterocycles. The molecule has 0 saturated heterocycles. The number of nitrogens with one attached hydrogen (secondary N) is 1. The maximum absolute atomic E-state index is 11.9. The zero-order chi connectivity index (χ0) is 18.7. The number of hydrogen-bond acceptors (Lipinski definition) is 4. The smallest absolute Gasteiger partial charge is 0.257 e. The molecular weight excluding hydrogens is 340 g/mol. The fraction of sp³-hybridized carbons (Fsp3) is 0.182. The van der Waals surface area contributed by atoms with Gasteiger partial charge in [-0.05, 0) is 47.9 Å². The molecule has 138 valence electrons. The summed E-state index contributed by atoms with van der Waals surface area (Å²) in [5, 5.41) is 2.83. The van der Waals surface area contributed by atoms with Crippen LogP contribution >= 0.6 is 0 Å². The van der Waals surface area contributed by atoms with Crippen LogP contribution in [0.2, 0.25) is 0 Å². The normalized spacial score (nSPS) is 10.2. The molecule has 0 fully saturated rings. The van der Waals surface area contributed by atoms with Crippen LogP contribution in [-0.2, 0) is 17.8 Å². The van der Waals surface area contributed by atoms with Crippen molar-refractivity contribution in [2.75, 3.05) is 13.2 Å². The Morgan fingerprint density at radius 1 is 0.852 bits per heavy atom. The first-order valence-corrected chi connectivity index (χ1v) is 8.85. The monoisotopic (exact) mass is 362 g/mol. The number of benzene rings is 2. The Balaban J connectivity index is 1.36. The Hall–Kier alpha value is -3.34. The van der Waals surface area contributed by atoms with Gasteiger partial charge >= 0.3 is 0 Å². The number of ether oxygens (including phenoxy) is 2. The van der Waals surface area contributed by atoms with Gasteiger partial charge in [-0.25, -0.2) is 0 Å². The second-order valence-corrected chi connectivity index (χ2v) is 6.00. The standard InChI is InChI=1S/C22H22N2O3/c25-22(24-14-12-18-7-4-13-23-15-18)17-27-21-10-8-20(9-11-21)26-16-19-5-2-1-3-6-19/h1-11,13,15H,12,14,16-17H2,(H,24,25). The molecule has 0 aliphatic heterocycles. The fourth-order valence-corrected chi connectivity index (χ4v) is 2.47. The van der Waals surface area contributed by atoms with Crippen molar-refractivity contribution in [2.24, 2.45) is 0 Å². The van der Waals surface area contributed by atoms with Gasteiger partial charge in [-0.2, -0.15) is 0 Å². The minimum atomic E-state index is -0.150. The minimum Gasteiger partial charge on any atom is -0.489 e. The van der Waals surface area contributed by atoms with Crippen molar-refractivity contribution in [2.45, 2.75) is 13.0 Å². The lowest BCUT2D eigenvalue weighted by atomic mass is 10.2. The van der Waals surface area contributed by atoms with Crippen molar-refractivity contribution < 1.29 is 14.3 Å². The van der Waals surface area contributed by atoms with E-state index in [2.05, 4.69) is 10.3 Å². The molecule has 0 bridgehead atoms. The summed E-state index contributed by atoms with van der Waals surface area (Å²) < 4.78 is 11.2. The SMILES string of the molecule is O=C(COc1ccc(OCc2ccccc2)cc1)NCCc1cccnc1. The quantitative estimate of drug-likeness (QED) is 0.634. The van der Waals surface area contributed by atoms with Gasteiger partial charge in [-0.3, -0.25) is 9.78 Å². The van der Waals surface area contributed by atoms with Crippen LogP contribution in [0.1, 0.15) is 11.1 Å². The van der Waals surface area contributed by atoms with Crippen molar-refractivity contribution in [3.63, 3.8) is 0 Å². The molecule has 5 heteroatoms. The Morgan fingerprint density at radius 2 is 1.56 bits per heavy atom. The molecule has 3 rings (SSSR count). The first kappa shape index (κ1) is 18.5. The van der Waals surface area contributed by atoms with Gasteiger partial charge in [0.2, 0.25) is 0 Å². The predicted octanol–water partition coefficient (Wildman–Crippen LogP) is 3.40. The molecule has 1 amide bonds. The number of amides is 1. The Kier molecular flexibility index (Phi) is 6.81. The summed E-state index contributed by atoms with van der Waals surface area (Å²) in [7, 11) is 0. The number of aromatic nitrogens is 1. The van der Waals surface area contributed by atoms with Crippen molar-refractivity contribution in [3.05, 3.63) is 90.3 Å². The number of hydrogen-bond donors (Lipinski definition) is 1. The molecule has 0 saturated carbocycles. The number of pyridine rings is 1. The highest BCUT2D eigenvalue weighted by Crippen LogP contribution is 2.18. The number of nitrogens with zero attached hydrogens (tertiary/aromatic N) is 1. The van der Waals surface area contributed by atoms with Crippen LogP contribution in [0.3, 0.4) is 0 Å². The lowest BCUT2D eigenvalue weighted by Crippen LogP contribution is -2.30. The fourth-order valence-electron chi connectivity index (χ4n) is 2.47. The Labute approximate surface area is 159 Å². The van der Waals surface area contributed by atoms with Gasteiger partial charge in [-0.1, -0.05) is 36.4 Å². The summed E-state index contributed by atoms with van der Waals surface area (Å²) in [4.78, 5) is 15.9. The molecule has 0 spiro atoms. The first-order chi connectivity index (χ1) is 13.3. The van der Waals surface area contributed by atoms with Gasteiger partial charge in [0.05, 0.1) is 0 Å². The molecule has 0 atom stereocenters. The maximum atomic E-state index is 11.9. The lowest BCUT2D eigenvalue weighted by Gasteiger charge is -2.09. The molecule has 1 N–H and O–H groups in total. The third kappa shape index (κ3) is 6.47. The highest BCUT2D eigenvalue weighted by Gasteiger charge is 2.03. The number of rotatable bonds is 9. The van der Waals surface area contributed by atoms with Crippen LogP contribution in [-0.4, -0.2) is 24.0 Å². The Bertz CT molecular complexity index is 821. The number of carbonyl (C=O) groups excluding carboxylic acids is 1. The first-order valence-electron chi connectivity index (χ1n) is 8.85. The molecule has 3 aromatic rings. The zero-order valence-corrected chi connectivity index (χ0v) is 15.0. The van der Waals surface area contributed by atoms with Gasteiger partial charge in [0.15, 0.2) is 6.61 Å². The average molecular weight is 362 g/mol. The molecule has 5 nitrogen and oxygen atoms in total. The van der Waals surface area contributed by atoms with E-state index in [1.165, 1.54) is 0 Å². The average Bonchev–Trinajstić information content (AvgIpc) is 2.73. The van der Waals surface area contributed by atoms with E-state index in [1.807, 2.05) is 54.6 Å². The largest absolute Gasteiger partial charge is 0.489 e.